The molecule has 4 aromatic rings. The van der Waals surface area contributed by atoms with Crippen molar-refractivity contribution in [2.24, 2.45) is 5.92 Å². The average molecular weight is 465 g/mol. The van der Waals surface area contributed by atoms with E-state index in [-0.39, 0.29) is 11.9 Å². The second kappa shape index (κ2) is 10.9. The lowest BCUT2D eigenvalue weighted by molar-refractivity contribution is 0.0941. The Hall–Kier alpha value is -3.46. The molecule has 0 saturated carbocycles. The molecule has 0 fully saturated rings. The topological polar surface area (TPSA) is 42.0 Å². The minimum Gasteiger partial charge on any atom is -0.345 e. The molecule has 1 N–H and O–H groups in total. The summed E-state index contributed by atoms with van der Waals surface area (Å²) < 4.78 is 0. The maximum Gasteiger partial charge on any atom is 0.252 e. The van der Waals surface area contributed by atoms with Crippen LogP contribution in [-0.2, 0) is 6.42 Å². The van der Waals surface area contributed by atoms with Gasteiger partial charge in [0.25, 0.3) is 5.91 Å². The van der Waals surface area contributed by atoms with Gasteiger partial charge < -0.3 is 5.32 Å². The Morgan fingerprint density at radius 3 is 2.17 bits per heavy atom. The van der Waals surface area contributed by atoms with Gasteiger partial charge in [0, 0.05) is 10.9 Å². The molecule has 0 aliphatic rings. The molecule has 0 bridgehead atoms. The van der Waals surface area contributed by atoms with Gasteiger partial charge in [-0.05, 0) is 60.4 Å². The first-order valence-electron chi connectivity index (χ1n) is 12.8. The summed E-state index contributed by atoms with van der Waals surface area (Å²) in [7, 11) is 0. The van der Waals surface area contributed by atoms with Gasteiger partial charge in [-0.25, -0.2) is 4.98 Å². The monoisotopic (exact) mass is 464 g/mol. The number of fused-ring (bicyclic) bond motifs is 1. The molecule has 3 nitrogen and oxygen atoms in total. The van der Waals surface area contributed by atoms with E-state index in [1.54, 1.807) is 0 Å². The largest absolute Gasteiger partial charge is 0.345 e. The van der Waals surface area contributed by atoms with E-state index in [1.165, 1.54) is 11.1 Å². The van der Waals surface area contributed by atoms with Crippen molar-refractivity contribution in [3.05, 3.63) is 101 Å². The summed E-state index contributed by atoms with van der Waals surface area (Å²) >= 11 is 0. The number of para-hydroxylation sites is 1. The summed E-state index contributed by atoms with van der Waals surface area (Å²) in [4.78, 5) is 18.4. The van der Waals surface area contributed by atoms with E-state index in [0.717, 1.165) is 40.6 Å². The SMILES string of the molecule is CC[C@H](C)c1ccc([C@H](C)NC(=O)c2cc(-c3ccc(CC(C)C)cc3)nc3ccccc23)cc1. The van der Waals surface area contributed by atoms with E-state index in [4.69, 9.17) is 4.98 Å². The molecule has 0 saturated heterocycles. The van der Waals surface area contributed by atoms with Crippen molar-refractivity contribution >= 4 is 16.8 Å². The summed E-state index contributed by atoms with van der Waals surface area (Å²) in [6, 6.07) is 26.8. The molecule has 1 amide bonds. The van der Waals surface area contributed by atoms with Gasteiger partial charge in [-0.1, -0.05) is 94.4 Å². The Balaban J connectivity index is 1.62. The summed E-state index contributed by atoms with van der Waals surface area (Å²) in [6.45, 7) is 10.9. The van der Waals surface area contributed by atoms with Crippen LogP contribution in [0.2, 0.25) is 0 Å². The minimum absolute atomic E-state index is 0.0835. The number of nitrogens with one attached hydrogen (secondary N) is 1. The van der Waals surface area contributed by atoms with Gasteiger partial charge in [0.1, 0.15) is 0 Å². The average Bonchev–Trinajstić information content (AvgIpc) is 2.87. The van der Waals surface area contributed by atoms with Gasteiger partial charge in [0.15, 0.2) is 0 Å². The van der Waals surface area contributed by atoms with E-state index in [9.17, 15) is 4.79 Å². The fourth-order valence-electron chi connectivity index (χ4n) is 4.50. The maximum atomic E-state index is 13.5. The Morgan fingerprint density at radius 2 is 1.51 bits per heavy atom. The highest BCUT2D eigenvalue weighted by Gasteiger charge is 2.17. The molecule has 1 aromatic heterocycles. The number of rotatable bonds is 8. The van der Waals surface area contributed by atoms with Crippen LogP contribution < -0.4 is 5.32 Å². The van der Waals surface area contributed by atoms with E-state index < -0.39 is 0 Å². The molecule has 0 aliphatic carbocycles. The van der Waals surface area contributed by atoms with Crippen molar-refractivity contribution in [3.63, 3.8) is 0 Å². The summed E-state index contributed by atoms with van der Waals surface area (Å²) in [5, 5.41) is 4.08. The number of aromatic nitrogens is 1. The summed E-state index contributed by atoms with van der Waals surface area (Å²) in [5.74, 6) is 1.07. The van der Waals surface area contributed by atoms with Gasteiger partial charge >= 0.3 is 0 Å². The molecule has 0 unspecified atom stereocenters. The van der Waals surface area contributed by atoms with Crippen LogP contribution in [0, 0.1) is 5.92 Å². The van der Waals surface area contributed by atoms with Gasteiger partial charge in [-0.3, -0.25) is 4.79 Å². The predicted octanol–water partition coefficient (Wildman–Crippen LogP) is 8.10. The molecular formula is C32H36N2O. The Labute approximate surface area is 209 Å². The van der Waals surface area contributed by atoms with Gasteiger partial charge in [0.2, 0.25) is 0 Å². The third kappa shape index (κ3) is 5.79. The maximum absolute atomic E-state index is 13.5. The number of carbonyl (C=O) groups excluding carboxylic acids is 1. The van der Waals surface area contributed by atoms with E-state index in [2.05, 4.69) is 81.5 Å². The minimum atomic E-state index is -0.0980. The third-order valence-corrected chi connectivity index (χ3v) is 6.82. The van der Waals surface area contributed by atoms with Crippen LogP contribution in [0.25, 0.3) is 22.2 Å². The highest BCUT2D eigenvalue weighted by atomic mass is 16.1. The molecule has 3 aromatic carbocycles. The van der Waals surface area contributed by atoms with Crippen molar-refractivity contribution in [1.29, 1.82) is 0 Å². The molecule has 180 valence electrons. The normalized spacial score (nSPS) is 13.1. The van der Waals surface area contributed by atoms with E-state index >= 15 is 0 Å². The number of hydrogen-bond donors (Lipinski definition) is 1. The van der Waals surface area contributed by atoms with Crippen LogP contribution in [0.15, 0.2) is 78.9 Å². The Morgan fingerprint density at radius 1 is 0.857 bits per heavy atom. The van der Waals surface area contributed by atoms with Gasteiger partial charge in [0.05, 0.1) is 22.8 Å². The van der Waals surface area contributed by atoms with Gasteiger partial charge in [-0.15, -0.1) is 0 Å². The molecule has 3 heteroatoms. The van der Waals surface area contributed by atoms with Crippen molar-refractivity contribution in [2.75, 3.05) is 0 Å². The number of carbonyl (C=O) groups is 1. The van der Waals surface area contributed by atoms with Gasteiger partial charge in [-0.2, -0.15) is 0 Å². The van der Waals surface area contributed by atoms with Crippen molar-refractivity contribution in [2.45, 2.75) is 59.4 Å². The zero-order chi connectivity index (χ0) is 24.9. The van der Waals surface area contributed by atoms with Crippen LogP contribution in [-0.4, -0.2) is 10.9 Å². The van der Waals surface area contributed by atoms with E-state index in [0.29, 0.717) is 17.4 Å². The molecule has 1 heterocycles. The van der Waals surface area contributed by atoms with Crippen LogP contribution in [0.5, 0.6) is 0 Å². The number of benzene rings is 3. The van der Waals surface area contributed by atoms with Crippen LogP contribution in [0.3, 0.4) is 0 Å². The quantitative estimate of drug-likeness (QED) is 0.286. The fourth-order valence-corrected chi connectivity index (χ4v) is 4.50. The molecule has 0 radical (unpaired) electrons. The highest BCUT2D eigenvalue weighted by molar-refractivity contribution is 6.07. The van der Waals surface area contributed by atoms with Crippen LogP contribution >= 0.6 is 0 Å². The molecule has 0 spiro atoms. The smallest absolute Gasteiger partial charge is 0.252 e. The van der Waals surface area contributed by atoms with Crippen molar-refractivity contribution in [1.82, 2.24) is 10.3 Å². The Kier molecular flexibility index (Phi) is 7.65. The third-order valence-electron chi connectivity index (χ3n) is 6.82. The molecule has 2 atom stereocenters. The second-order valence-corrected chi connectivity index (χ2v) is 10.0. The first kappa shape index (κ1) is 24.7. The molecular weight excluding hydrogens is 428 g/mol. The van der Waals surface area contributed by atoms with E-state index in [1.807, 2.05) is 37.3 Å². The fraction of sp³-hybridized carbons (Fsp3) is 0.312. The number of pyridine rings is 1. The first-order valence-corrected chi connectivity index (χ1v) is 12.8. The van der Waals surface area contributed by atoms with Crippen molar-refractivity contribution < 1.29 is 4.79 Å². The molecule has 0 aliphatic heterocycles. The number of hydrogen-bond acceptors (Lipinski definition) is 2. The van der Waals surface area contributed by atoms with Crippen LogP contribution in [0.1, 0.15) is 80.0 Å². The zero-order valence-electron chi connectivity index (χ0n) is 21.5. The second-order valence-electron chi connectivity index (χ2n) is 10.0. The number of nitrogens with zero attached hydrogens (tertiary/aromatic N) is 1. The standard InChI is InChI=1S/C32H36N2O/c1-6-22(4)25-15-17-26(18-16-25)23(5)33-32(35)29-20-31(34-30-10-8-7-9-28(29)30)27-13-11-24(12-14-27)19-21(2)3/h7-18,20-23H,6,19H2,1-5H3,(H,33,35)/t22-,23-/m0/s1. The van der Waals surface area contributed by atoms with Crippen LogP contribution in [0.4, 0.5) is 0 Å². The molecule has 4 rings (SSSR count). The summed E-state index contributed by atoms with van der Waals surface area (Å²) in [5.41, 5.74) is 7.06. The first-order chi connectivity index (χ1) is 16.9. The molecule has 35 heavy (non-hydrogen) atoms. The lowest BCUT2D eigenvalue weighted by atomic mass is 9.96. The summed E-state index contributed by atoms with van der Waals surface area (Å²) in [6.07, 6.45) is 2.17. The highest BCUT2D eigenvalue weighted by Crippen LogP contribution is 2.27. The zero-order valence-corrected chi connectivity index (χ0v) is 21.5. The predicted molar refractivity (Wildman–Crippen MR) is 147 cm³/mol. The Bertz CT molecular complexity index is 1290. The lowest BCUT2D eigenvalue weighted by Crippen LogP contribution is -2.27. The van der Waals surface area contributed by atoms with Crippen molar-refractivity contribution in [3.8, 4) is 11.3 Å². The number of amides is 1. The lowest BCUT2D eigenvalue weighted by Gasteiger charge is -2.17.